The molecule has 1 aliphatic carbocycles. The lowest BCUT2D eigenvalue weighted by Gasteiger charge is -2.40. The van der Waals surface area contributed by atoms with E-state index < -0.39 is 23.6 Å². The van der Waals surface area contributed by atoms with Gasteiger partial charge < -0.3 is 29.3 Å². The maximum Gasteiger partial charge on any atom is 0.313 e. The summed E-state index contributed by atoms with van der Waals surface area (Å²) in [5.74, 6) is -1.06. The van der Waals surface area contributed by atoms with E-state index in [4.69, 9.17) is 30.9 Å². The molecule has 40 heavy (non-hydrogen) atoms. The van der Waals surface area contributed by atoms with Crippen molar-refractivity contribution in [2.24, 2.45) is 11.3 Å². The normalized spacial score (nSPS) is 25.5. The van der Waals surface area contributed by atoms with Crippen LogP contribution in [0.5, 0.6) is 0 Å². The first-order valence-electron chi connectivity index (χ1n) is 13.2. The van der Waals surface area contributed by atoms with E-state index in [1.54, 1.807) is 25.2 Å². The van der Waals surface area contributed by atoms with Crippen molar-refractivity contribution in [1.82, 2.24) is 9.36 Å². The average Bonchev–Trinajstić information content (AvgIpc) is 3.35. The molecule has 0 radical (unpaired) electrons. The van der Waals surface area contributed by atoms with Crippen LogP contribution >= 0.6 is 34.9 Å². The molecule has 0 saturated heterocycles. The van der Waals surface area contributed by atoms with E-state index in [1.807, 2.05) is 26.0 Å². The van der Waals surface area contributed by atoms with Gasteiger partial charge in [-0.05, 0) is 42.6 Å². The molecule has 5 atom stereocenters. The van der Waals surface area contributed by atoms with Crippen molar-refractivity contribution in [2.45, 2.75) is 68.3 Å². The van der Waals surface area contributed by atoms with E-state index in [2.05, 4.69) is 9.36 Å². The molecule has 2 N–H and O–H groups in total. The van der Waals surface area contributed by atoms with Gasteiger partial charge in [0.2, 0.25) is 0 Å². The number of amides is 1. The molecular weight excluding hydrogens is 578 g/mol. The summed E-state index contributed by atoms with van der Waals surface area (Å²) in [6.45, 7) is 3.93. The molecule has 2 heterocycles. The molecule has 13 heteroatoms. The number of aliphatic carboxylic acids is 1. The number of carboxylic acids is 1. The summed E-state index contributed by atoms with van der Waals surface area (Å²) in [5.41, 5.74) is 0.879. The third kappa shape index (κ3) is 7.15. The van der Waals surface area contributed by atoms with Crippen LogP contribution in [-0.2, 0) is 30.2 Å². The van der Waals surface area contributed by atoms with Crippen molar-refractivity contribution in [1.29, 1.82) is 0 Å². The molecule has 220 valence electrons. The van der Waals surface area contributed by atoms with Crippen LogP contribution in [0.25, 0.3) is 0 Å². The third-order valence-corrected chi connectivity index (χ3v) is 9.46. The van der Waals surface area contributed by atoms with E-state index in [0.717, 1.165) is 48.1 Å². The fourth-order valence-electron chi connectivity index (χ4n) is 5.44. The number of aliphatic hydroxyl groups excluding tert-OH is 1. The minimum atomic E-state index is -0.944. The minimum absolute atomic E-state index is 0.106. The fourth-order valence-corrected chi connectivity index (χ4v) is 6.98. The molecule has 1 saturated carbocycles. The number of halogens is 1. The largest absolute Gasteiger partial charge is 0.481 e. The van der Waals surface area contributed by atoms with Crippen LogP contribution in [0.3, 0.4) is 0 Å². The molecule has 1 aromatic carbocycles. The number of carboxylic acid groups (broad SMARTS) is 1. The van der Waals surface area contributed by atoms with E-state index in [1.165, 1.54) is 0 Å². The van der Waals surface area contributed by atoms with Crippen molar-refractivity contribution in [2.75, 3.05) is 38.0 Å². The number of benzene rings is 1. The summed E-state index contributed by atoms with van der Waals surface area (Å²) in [6.07, 6.45) is 0.841. The summed E-state index contributed by atoms with van der Waals surface area (Å²) in [5, 5.41) is 19.6. The van der Waals surface area contributed by atoms with Gasteiger partial charge in [0.05, 0.1) is 24.1 Å². The zero-order valence-corrected chi connectivity index (χ0v) is 25.4. The fraction of sp³-hybridized carbons (Fsp3) is 0.630. The first-order chi connectivity index (χ1) is 19.1. The lowest BCUT2D eigenvalue weighted by Crippen LogP contribution is -2.46. The van der Waals surface area contributed by atoms with E-state index in [9.17, 15) is 14.7 Å². The number of nitrogens with zero attached hydrogens (tertiary/aromatic N) is 3. The molecule has 10 nitrogen and oxygen atoms in total. The Balaban J connectivity index is 1.76. The van der Waals surface area contributed by atoms with Crippen LogP contribution in [0.15, 0.2) is 22.5 Å². The highest BCUT2D eigenvalue weighted by Crippen LogP contribution is 2.46. The Morgan fingerprint density at radius 2 is 2.08 bits per heavy atom. The number of aromatic nitrogens is 2. The van der Waals surface area contributed by atoms with Gasteiger partial charge in [0.25, 0.3) is 5.91 Å². The number of aliphatic hydroxyl groups is 1. The maximum atomic E-state index is 14.2. The average molecular weight is 614 g/mol. The van der Waals surface area contributed by atoms with Gasteiger partial charge in [-0.15, -0.1) is 0 Å². The van der Waals surface area contributed by atoms with Gasteiger partial charge in [-0.1, -0.05) is 43.6 Å². The number of fused-ring (bicyclic) bond motifs is 1. The Morgan fingerprint density at radius 1 is 1.30 bits per heavy atom. The molecule has 1 aromatic heterocycles. The predicted molar refractivity (Wildman–Crippen MR) is 153 cm³/mol. The second-order valence-electron chi connectivity index (χ2n) is 10.9. The smallest absolute Gasteiger partial charge is 0.313 e. The van der Waals surface area contributed by atoms with E-state index in [0.29, 0.717) is 20.9 Å². The van der Waals surface area contributed by atoms with E-state index >= 15 is 0 Å². The zero-order valence-electron chi connectivity index (χ0n) is 23.0. The highest BCUT2D eigenvalue weighted by Gasteiger charge is 2.46. The zero-order chi connectivity index (χ0) is 29.0. The van der Waals surface area contributed by atoms with Crippen molar-refractivity contribution in [3.63, 3.8) is 0 Å². The number of ether oxygens (including phenoxy) is 3. The summed E-state index contributed by atoms with van der Waals surface area (Å²) in [4.78, 5) is 31.3. The monoisotopic (exact) mass is 613 g/mol. The summed E-state index contributed by atoms with van der Waals surface area (Å²) < 4.78 is 23.4. The van der Waals surface area contributed by atoms with Gasteiger partial charge in [-0.25, -0.2) is 4.98 Å². The van der Waals surface area contributed by atoms with Gasteiger partial charge in [0, 0.05) is 61.4 Å². The Kier molecular flexibility index (Phi) is 10.5. The Bertz CT molecular complexity index is 1200. The van der Waals surface area contributed by atoms with Crippen molar-refractivity contribution >= 4 is 52.5 Å². The molecule has 0 bridgehead atoms. The summed E-state index contributed by atoms with van der Waals surface area (Å²) >= 11 is 8.69. The Labute approximate surface area is 247 Å². The molecule has 2 aliphatic rings. The Morgan fingerprint density at radius 3 is 2.75 bits per heavy atom. The number of carbonyl (C=O) groups is 2. The van der Waals surface area contributed by atoms with E-state index in [-0.39, 0.29) is 49.4 Å². The van der Waals surface area contributed by atoms with Crippen LogP contribution in [0.2, 0.25) is 5.02 Å². The summed E-state index contributed by atoms with van der Waals surface area (Å²) in [7, 11) is 3.34. The standard InChI is InChI=1S/C27H36ClN3O7S2/c1-27(2,14-32)13-31-18-9-8-15(28)10-17(18)23(16-6-5-7-19(36-3)24(16)37-4)38-20(25(31)35)11-21-29-26(40-30-21)39-12-22(33)34/h8-10,16,19-20,23-24,32H,5-7,11-14H2,1-4H3,(H,33,34)/t16-,19?,20-,23-,24?/m1/s1. The molecule has 0 spiro atoms. The van der Waals surface area contributed by atoms with Gasteiger partial charge in [-0.2, -0.15) is 4.37 Å². The molecular formula is C27H36ClN3O7S2. The second-order valence-corrected chi connectivity index (χ2v) is 13.3. The number of carbonyl (C=O) groups excluding carboxylic acids is 1. The van der Waals surface area contributed by atoms with Crippen molar-refractivity contribution in [3.8, 4) is 0 Å². The maximum absolute atomic E-state index is 14.2. The molecule has 1 fully saturated rings. The van der Waals surface area contributed by atoms with Crippen LogP contribution in [0, 0.1) is 11.3 Å². The highest BCUT2D eigenvalue weighted by molar-refractivity contribution is 8.01. The third-order valence-electron chi connectivity index (χ3n) is 7.37. The van der Waals surface area contributed by atoms with Gasteiger partial charge in [-0.3, -0.25) is 9.59 Å². The molecule has 1 aliphatic heterocycles. The predicted octanol–water partition coefficient (Wildman–Crippen LogP) is 4.23. The van der Waals surface area contributed by atoms with Gasteiger partial charge >= 0.3 is 5.97 Å². The number of hydrogen-bond acceptors (Lipinski definition) is 10. The topological polar surface area (TPSA) is 131 Å². The number of hydrogen-bond donors (Lipinski definition) is 2. The number of methoxy groups -OCH3 is 2. The van der Waals surface area contributed by atoms with Gasteiger partial charge in [0.15, 0.2) is 4.34 Å². The number of anilines is 1. The molecule has 2 unspecified atom stereocenters. The number of rotatable bonds is 11. The minimum Gasteiger partial charge on any atom is -0.481 e. The lowest BCUT2D eigenvalue weighted by atomic mass is 9.78. The van der Waals surface area contributed by atoms with Crippen molar-refractivity contribution in [3.05, 3.63) is 34.6 Å². The SMILES string of the molecule is COC1CCC[C@H]([C@H]2O[C@H](Cc3nsc(SCC(=O)O)n3)C(=O)N(CC(C)(C)CO)c3ccc(Cl)cc32)C1OC. The van der Waals surface area contributed by atoms with Crippen LogP contribution in [0.1, 0.15) is 50.6 Å². The molecule has 2 aromatic rings. The molecule has 1 amide bonds. The highest BCUT2D eigenvalue weighted by atomic mass is 35.5. The van der Waals surface area contributed by atoms with Gasteiger partial charge in [0.1, 0.15) is 11.9 Å². The lowest BCUT2D eigenvalue weighted by molar-refractivity contribution is -0.153. The van der Waals surface area contributed by atoms with Crippen LogP contribution in [-0.4, -0.2) is 82.9 Å². The second kappa shape index (κ2) is 13.5. The van der Waals surface area contributed by atoms with Crippen molar-refractivity contribution < 1.29 is 34.0 Å². The van der Waals surface area contributed by atoms with Crippen LogP contribution < -0.4 is 4.90 Å². The number of thioether (sulfide) groups is 1. The molecule has 4 rings (SSSR count). The van der Waals surface area contributed by atoms with Crippen LogP contribution in [0.4, 0.5) is 5.69 Å². The quantitative estimate of drug-likeness (QED) is 0.355. The first kappa shape index (κ1) is 31.1. The Hall–Kier alpha value is -1.80. The summed E-state index contributed by atoms with van der Waals surface area (Å²) in [6, 6.07) is 5.44. The first-order valence-corrected chi connectivity index (χ1v) is 15.3.